The fourth-order valence-electron chi connectivity index (χ4n) is 1.51. The minimum Gasteiger partial charge on any atom is -0.334 e. The Morgan fingerprint density at radius 3 is 2.87 bits per heavy atom. The third-order valence-electron chi connectivity index (χ3n) is 2.57. The van der Waals surface area contributed by atoms with Gasteiger partial charge in [-0.3, -0.25) is 4.79 Å². The quantitative estimate of drug-likeness (QED) is 0.705. The molecule has 0 saturated carbocycles. The number of rotatable bonds is 1. The first-order valence-electron chi connectivity index (χ1n) is 4.75. The van der Waals surface area contributed by atoms with Gasteiger partial charge in [0.25, 0.3) is 0 Å². The van der Waals surface area contributed by atoms with Crippen molar-refractivity contribution >= 4 is 22.6 Å². The second-order valence-electron chi connectivity index (χ2n) is 3.61. The molecule has 2 aromatic rings. The normalized spacial score (nSPS) is 10.6. The summed E-state index contributed by atoms with van der Waals surface area (Å²) in [5.41, 5.74) is 2.84. The van der Waals surface area contributed by atoms with Crippen LogP contribution >= 0.6 is 0 Å². The zero-order chi connectivity index (χ0) is 11.0. The number of benzene rings is 1. The molecule has 15 heavy (non-hydrogen) atoms. The minimum atomic E-state index is 0.0188. The summed E-state index contributed by atoms with van der Waals surface area (Å²) in [6.45, 7) is 1.54. The molecule has 4 heteroatoms. The Morgan fingerprint density at radius 2 is 2.20 bits per heavy atom. The van der Waals surface area contributed by atoms with E-state index in [9.17, 15) is 4.79 Å². The smallest absolute Gasteiger partial charge is 0.223 e. The Labute approximate surface area is 88.1 Å². The largest absolute Gasteiger partial charge is 0.334 e. The van der Waals surface area contributed by atoms with Gasteiger partial charge in [-0.05, 0) is 18.2 Å². The van der Waals surface area contributed by atoms with Crippen LogP contribution in [0.25, 0.3) is 11.0 Å². The SMILES string of the molecule is CC(=O)N(C)c1ccc2c(c1)ncn2C. The number of anilines is 1. The van der Waals surface area contributed by atoms with Gasteiger partial charge >= 0.3 is 0 Å². The summed E-state index contributed by atoms with van der Waals surface area (Å²) in [5.74, 6) is 0.0188. The predicted octanol–water partition coefficient (Wildman–Crippen LogP) is 1.56. The third-order valence-corrected chi connectivity index (χ3v) is 2.57. The van der Waals surface area contributed by atoms with Crippen LogP contribution in [-0.2, 0) is 11.8 Å². The van der Waals surface area contributed by atoms with Crippen molar-refractivity contribution in [3.05, 3.63) is 24.5 Å². The van der Waals surface area contributed by atoms with E-state index in [1.165, 1.54) is 0 Å². The van der Waals surface area contributed by atoms with Gasteiger partial charge in [-0.15, -0.1) is 0 Å². The maximum absolute atomic E-state index is 11.2. The summed E-state index contributed by atoms with van der Waals surface area (Å²) in [4.78, 5) is 17.0. The molecule has 0 aliphatic carbocycles. The maximum Gasteiger partial charge on any atom is 0.223 e. The lowest BCUT2D eigenvalue weighted by molar-refractivity contribution is -0.116. The van der Waals surface area contributed by atoms with E-state index in [0.29, 0.717) is 0 Å². The zero-order valence-corrected chi connectivity index (χ0v) is 9.06. The monoisotopic (exact) mass is 203 g/mol. The highest BCUT2D eigenvalue weighted by atomic mass is 16.2. The Balaban J connectivity index is 2.52. The Bertz CT molecular complexity index is 516. The number of aromatic nitrogens is 2. The van der Waals surface area contributed by atoms with E-state index in [1.54, 1.807) is 25.2 Å². The van der Waals surface area contributed by atoms with Crippen LogP contribution in [0.15, 0.2) is 24.5 Å². The summed E-state index contributed by atoms with van der Waals surface area (Å²) in [6.07, 6.45) is 1.77. The van der Waals surface area contributed by atoms with E-state index in [-0.39, 0.29) is 5.91 Å². The number of hydrogen-bond acceptors (Lipinski definition) is 2. The number of fused-ring (bicyclic) bond motifs is 1. The molecule has 2 rings (SSSR count). The first-order valence-corrected chi connectivity index (χ1v) is 4.75. The number of hydrogen-bond donors (Lipinski definition) is 0. The molecule has 0 N–H and O–H groups in total. The average Bonchev–Trinajstić information content (AvgIpc) is 2.59. The van der Waals surface area contributed by atoms with Gasteiger partial charge < -0.3 is 9.47 Å². The number of aryl methyl sites for hydroxylation is 1. The molecule has 1 aromatic carbocycles. The van der Waals surface area contributed by atoms with Crippen LogP contribution in [0, 0.1) is 0 Å². The first kappa shape index (κ1) is 9.71. The molecule has 0 spiro atoms. The molecule has 0 aliphatic heterocycles. The second kappa shape index (κ2) is 3.38. The Morgan fingerprint density at radius 1 is 1.47 bits per heavy atom. The lowest BCUT2D eigenvalue weighted by Crippen LogP contribution is -2.22. The van der Waals surface area contributed by atoms with E-state index >= 15 is 0 Å². The number of amides is 1. The second-order valence-corrected chi connectivity index (χ2v) is 3.61. The van der Waals surface area contributed by atoms with Gasteiger partial charge in [0.15, 0.2) is 0 Å². The Kier molecular flexibility index (Phi) is 2.19. The molecule has 0 aliphatic rings. The van der Waals surface area contributed by atoms with Crippen molar-refractivity contribution in [1.29, 1.82) is 0 Å². The van der Waals surface area contributed by atoms with Crippen LogP contribution in [0.3, 0.4) is 0 Å². The molecule has 0 bridgehead atoms. The predicted molar refractivity (Wildman–Crippen MR) is 59.8 cm³/mol. The minimum absolute atomic E-state index is 0.0188. The standard InChI is InChI=1S/C11H13N3O/c1-8(15)14(3)9-4-5-11-10(6-9)12-7-13(11)2/h4-7H,1-3H3. The van der Waals surface area contributed by atoms with Gasteiger partial charge in [0.1, 0.15) is 0 Å². The van der Waals surface area contributed by atoms with E-state index < -0.39 is 0 Å². The van der Waals surface area contributed by atoms with E-state index in [2.05, 4.69) is 4.98 Å². The molecule has 1 heterocycles. The summed E-state index contributed by atoms with van der Waals surface area (Å²) in [7, 11) is 3.70. The highest BCUT2D eigenvalue weighted by Crippen LogP contribution is 2.19. The number of carbonyl (C=O) groups excluding carboxylic acids is 1. The van der Waals surface area contributed by atoms with Crippen LogP contribution in [0.4, 0.5) is 5.69 Å². The molecule has 0 saturated heterocycles. The summed E-state index contributed by atoms with van der Waals surface area (Å²) in [5, 5.41) is 0. The molecule has 4 nitrogen and oxygen atoms in total. The maximum atomic E-state index is 11.2. The summed E-state index contributed by atoms with van der Waals surface area (Å²) in [6, 6.07) is 5.80. The molecule has 0 radical (unpaired) electrons. The van der Waals surface area contributed by atoms with Crippen LogP contribution in [0.2, 0.25) is 0 Å². The molecular formula is C11H13N3O. The van der Waals surface area contributed by atoms with Crippen molar-refractivity contribution in [2.24, 2.45) is 7.05 Å². The van der Waals surface area contributed by atoms with E-state index in [0.717, 1.165) is 16.7 Å². The average molecular weight is 203 g/mol. The van der Waals surface area contributed by atoms with Crippen LogP contribution in [-0.4, -0.2) is 22.5 Å². The Hall–Kier alpha value is -1.84. The lowest BCUT2D eigenvalue weighted by atomic mass is 10.2. The molecule has 0 unspecified atom stereocenters. The number of carbonyl (C=O) groups is 1. The topological polar surface area (TPSA) is 38.1 Å². The molecule has 0 fully saturated rings. The summed E-state index contributed by atoms with van der Waals surface area (Å²) >= 11 is 0. The van der Waals surface area contributed by atoms with Crippen molar-refractivity contribution in [3.8, 4) is 0 Å². The number of imidazole rings is 1. The van der Waals surface area contributed by atoms with E-state index in [1.807, 2.05) is 29.8 Å². The number of nitrogens with zero attached hydrogens (tertiary/aromatic N) is 3. The van der Waals surface area contributed by atoms with Crippen molar-refractivity contribution < 1.29 is 4.79 Å². The van der Waals surface area contributed by atoms with Gasteiger partial charge in [0.05, 0.1) is 17.4 Å². The van der Waals surface area contributed by atoms with Crippen molar-refractivity contribution in [3.63, 3.8) is 0 Å². The van der Waals surface area contributed by atoms with Crippen molar-refractivity contribution in [2.45, 2.75) is 6.92 Å². The highest BCUT2D eigenvalue weighted by Gasteiger charge is 2.07. The molecule has 1 amide bonds. The van der Waals surface area contributed by atoms with Gasteiger partial charge in [0, 0.05) is 26.7 Å². The fraction of sp³-hybridized carbons (Fsp3) is 0.273. The van der Waals surface area contributed by atoms with Crippen molar-refractivity contribution in [2.75, 3.05) is 11.9 Å². The van der Waals surface area contributed by atoms with Gasteiger partial charge in [-0.25, -0.2) is 4.98 Å². The van der Waals surface area contributed by atoms with Gasteiger partial charge in [0.2, 0.25) is 5.91 Å². The van der Waals surface area contributed by atoms with Crippen LogP contribution in [0.1, 0.15) is 6.92 Å². The zero-order valence-electron chi connectivity index (χ0n) is 9.06. The van der Waals surface area contributed by atoms with Crippen LogP contribution < -0.4 is 4.90 Å². The first-order chi connectivity index (χ1) is 7.09. The summed E-state index contributed by atoms with van der Waals surface area (Å²) < 4.78 is 1.95. The molecule has 78 valence electrons. The third kappa shape index (κ3) is 1.58. The van der Waals surface area contributed by atoms with Gasteiger partial charge in [-0.2, -0.15) is 0 Å². The lowest BCUT2D eigenvalue weighted by Gasteiger charge is -2.14. The fourth-order valence-corrected chi connectivity index (χ4v) is 1.51. The highest BCUT2D eigenvalue weighted by molar-refractivity contribution is 5.93. The molecular weight excluding hydrogens is 190 g/mol. The van der Waals surface area contributed by atoms with Crippen LogP contribution in [0.5, 0.6) is 0 Å². The molecule has 0 atom stereocenters. The van der Waals surface area contributed by atoms with Gasteiger partial charge in [-0.1, -0.05) is 0 Å². The van der Waals surface area contributed by atoms with Crippen molar-refractivity contribution in [1.82, 2.24) is 9.55 Å². The van der Waals surface area contributed by atoms with E-state index in [4.69, 9.17) is 0 Å². The molecule has 1 aromatic heterocycles.